The quantitative estimate of drug-likeness (QED) is 0.294. The molecule has 0 saturated heterocycles. The lowest BCUT2D eigenvalue weighted by Crippen LogP contribution is -1.94. The van der Waals surface area contributed by atoms with Gasteiger partial charge < -0.3 is 5.73 Å². The lowest BCUT2D eigenvalue weighted by atomic mass is 10.3. The molecule has 0 saturated carbocycles. The fourth-order valence-electron chi connectivity index (χ4n) is 1.02. The van der Waals surface area contributed by atoms with Crippen LogP contribution in [0.5, 0.6) is 0 Å². The van der Waals surface area contributed by atoms with Crippen LogP contribution < -0.4 is 5.73 Å². The predicted octanol–water partition coefficient (Wildman–Crippen LogP) is 4.25. The van der Waals surface area contributed by atoms with E-state index in [1.54, 1.807) is 0 Å². The number of hydrogen-bond acceptors (Lipinski definition) is 3. The average molecular weight is 279 g/mol. The maximum atomic E-state index is 10.2. The average Bonchev–Trinajstić information content (AvgIpc) is 2.30. The molecule has 1 rings (SSSR count). The van der Waals surface area contributed by atoms with Crippen molar-refractivity contribution in [2.45, 2.75) is 26.2 Å². The van der Waals surface area contributed by atoms with E-state index in [1.807, 2.05) is 0 Å². The van der Waals surface area contributed by atoms with Crippen molar-refractivity contribution in [1.29, 1.82) is 0 Å². The molecule has 17 heavy (non-hydrogen) atoms. The molecular weight excluding hydrogens is 263 g/mol. The molecule has 0 fully saturated rings. The molecule has 6 heteroatoms. The lowest BCUT2D eigenvalue weighted by molar-refractivity contribution is -0.383. The molecule has 0 aliphatic carbocycles. The van der Waals surface area contributed by atoms with Gasteiger partial charge in [-0.05, 0) is 18.6 Å². The first-order valence-electron chi connectivity index (χ1n) is 5.28. The Balaban J connectivity index is 0.000000366. The Morgan fingerprint density at radius 1 is 1.41 bits per heavy atom. The van der Waals surface area contributed by atoms with Crippen LogP contribution in [-0.4, -0.2) is 10.8 Å². The zero-order valence-corrected chi connectivity index (χ0v) is 11.2. The van der Waals surface area contributed by atoms with E-state index in [9.17, 15) is 10.1 Å². The number of halogens is 2. The molecule has 0 atom stereocenters. The molecule has 1 aromatic carbocycles. The highest BCUT2D eigenvalue weighted by Gasteiger charge is 2.10. The van der Waals surface area contributed by atoms with Crippen LogP contribution in [0.2, 0.25) is 5.02 Å². The van der Waals surface area contributed by atoms with Gasteiger partial charge in [-0.15, -0.1) is 11.6 Å². The number of nitro groups is 1. The van der Waals surface area contributed by atoms with Gasteiger partial charge in [-0.25, -0.2) is 0 Å². The van der Waals surface area contributed by atoms with Crippen LogP contribution in [0.25, 0.3) is 0 Å². The number of nitrogen functional groups attached to an aromatic ring is 1. The molecule has 0 bridgehead atoms. The Morgan fingerprint density at radius 2 is 2.06 bits per heavy atom. The van der Waals surface area contributed by atoms with Crippen LogP contribution in [0.15, 0.2) is 18.2 Å². The minimum Gasteiger partial charge on any atom is -0.393 e. The van der Waals surface area contributed by atoms with Crippen LogP contribution in [-0.2, 0) is 0 Å². The topological polar surface area (TPSA) is 69.2 Å². The number of nitrogens with zero attached hydrogens (tertiary/aromatic N) is 1. The van der Waals surface area contributed by atoms with Crippen molar-refractivity contribution >= 4 is 34.6 Å². The van der Waals surface area contributed by atoms with E-state index in [0.29, 0.717) is 5.02 Å². The van der Waals surface area contributed by atoms with Crippen molar-refractivity contribution in [1.82, 2.24) is 0 Å². The van der Waals surface area contributed by atoms with Crippen molar-refractivity contribution in [2.24, 2.45) is 0 Å². The Kier molecular flexibility index (Phi) is 8.54. The molecule has 96 valence electrons. The van der Waals surface area contributed by atoms with E-state index >= 15 is 0 Å². The van der Waals surface area contributed by atoms with E-state index in [2.05, 4.69) is 6.92 Å². The molecule has 0 aromatic heterocycles. The van der Waals surface area contributed by atoms with Gasteiger partial charge in [0, 0.05) is 17.0 Å². The number of benzene rings is 1. The van der Waals surface area contributed by atoms with Gasteiger partial charge in [-0.1, -0.05) is 31.4 Å². The molecule has 0 amide bonds. The second kappa shape index (κ2) is 9.07. The number of alkyl halides is 1. The standard InChI is InChI=1S/C6H5ClN2O2.C5H11Cl/c7-4-1-2-5(8)6(3-4)9(10)11;1-2-3-4-5-6/h1-3H,8H2;2-5H2,1H3. The molecule has 0 unspecified atom stereocenters. The van der Waals surface area contributed by atoms with E-state index < -0.39 is 4.92 Å². The third-order valence-corrected chi connectivity index (χ3v) is 2.43. The number of hydrogen-bond donors (Lipinski definition) is 1. The van der Waals surface area contributed by atoms with Gasteiger partial charge >= 0.3 is 0 Å². The fourth-order valence-corrected chi connectivity index (χ4v) is 1.37. The minimum absolute atomic E-state index is 0.124. The SMILES string of the molecule is CCCCCCl.Nc1ccc(Cl)cc1[N+](=O)[O-]. The van der Waals surface area contributed by atoms with Gasteiger partial charge in [-0.2, -0.15) is 0 Å². The summed E-state index contributed by atoms with van der Waals surface area (Å²) in [5.41, 5.74) is 5.26. The van der Waals surface area contributed by atoms with Crippen molar-refractivity contribution in [2.75, 3.05) is 11.6 Å². The summed E-state index contributed by atoms with van der Waals surface area (Å²) >= 11 is 10.9. The van der Waals surface area contributed by atoms with Crippen molar-refractivity contribution in [3.8, 4) is 0 Å². The third kappa shape index (κ3) is 7.02. The maximum Gasteiger partial charge on any atom is 0.293 e. The first kappa shape index (κ1) is 16.0. The van der Waals surface area contributed by atoms with E-state index in [4.69, 9.17) is 28.9 Å². The van der Waals surface area contributed by atoms with Crippen LogP contribution in [0.3, 0.4) is 0 Å². The van der Waals surface area contributed by atoms with Crippen LogP contribution >= 0.6 is 23.2 Å². The molecule has 4 nitrogen and oxygen atoms in total. The van der Waals surface area contributed by atoms with Gasteiger partial charge in [0.1, 0.15) is 5.69 Å². The molecule has 2 N–H and O–H groups in total. The van der Waals surface area contributed by atoms with Crippen molar-refractivity contribution in [3.05, 3.63) is 33.3 Å². The lowest BCUT2D eigenvalue weighted by Gasteiger charge is -1.95. The monoisotopic (exact) mass is 278 g/mol. The van der Waals surface area contributed by atoms with Gasteiger partial charge in [0.15, 0.2) is 0 Å². The fraction of sp³-hybridized carbons (Fsp3) is 0.455. The summed E-state index contributed by atoms with van der Waals surface area (Å²) in [6, 6.07) is 4.13. The Bertz CT molecular complexity index is 355. The molecule has 0 radical (unpaired) electrons. The van der Waals surface area contributed by atoms with Gasteiger partial charge in [0.25, 0.3) is 5.69 Å². The predicted molar refractivity (Wildman–Crippen MR) is 72.8 cm³/mol. The number of rotatable bonds is 4. The maximum absolute atomic E-state index is 10.2. The minimum atomic E-state index is -0.568. The molecule has 0 heterocycles. The number of nitro benzene ring substituents is 1. The Hall–Kier alpha value is -1.00. The first-order valence-corrected chi connectivity index (χ1v) is 6.19. The summed E-state index contributed by atoms with van der Waals surface area (Å²) in [6.45, 7) is 2.17. The number of nitrogens with two attached hydrogens (primary N) is 1. The van der Waals surface area contributed by atoms with E-state index in [0.717, 1.165) is 5.88 Å². The summed E-state index contributed by atoms with van der Waals surface area (Å²) in [6.07, 6.45) is 3.73. The molecule has 0 aliphatic heterocycles. The van der Waals surface area contributed by atoms with Crippen molar-refractivity contribution < 1.29 is 4.92 Å². The highest BCUT2D eigenvalue weighted by Crippen LogP contribution is 2.24. The summed E-state index contributed by atoms with van der Waals surface area (Å²) < 4.78 is 0. The van der Waals surface area contributed by atoms with E-state index in [1.165, 1.54) is 37.5 Å². The molecule has 0 aliphatic rings. The second-order valence-corrected chi connectivity index (χ2v) is 4.17. The van der Waals surface area contributed by atoms with Crippen molar-refractivity contribution in [3.63, 3.8) is 0 Å². The summed E-state index contributed by atoms with van der Waals surface area (Å²) in [7, 11) is 0. The Morgan fingerprint density at radius 3 is 2.41 bits per heavy atom. The summed E-state index contributed by atoms with van der Waals surface area (Å²) in [4.78, 5) is 9.67. The second-order valence-electron chi connectivity index (χ2n) is 3.36. The summed E-state index contributed by atoms with van der Waals surface area (Å²) in [5.74, 6) is 0.827. The molecule has 0 spiro atoms. The van der Waals surface area contributed by atoms with Gasteiger partial charge in [0.05, 0.1) is 4.92 Å². The van der Waals surface area contributed by atoms with Gasteiger partial charge in [0.2, 0.25) is 0 Å². The zero-order chi connectivity index (χ0) is 13.3. The molecular formula is C11H16Cl2N2O2. The van der Waals surface area contributed by atoms with Gasteiger partial charge in [-0.3, -0.25) is 10.1 Å². The van der Waals surface area contributed by atoms with Crippen LogP contribution in [0.1, 0.15) is 26.2 Å². The normalized spacial score (nSPS) is 9.35. The largest absolute Gasteiger partial charge is 0.393 e. The number of unbranched alkanes of at least 4 members (excludes halogenated alkanes) is 2. The third-order valence-electron chi connectivity index (χ3n) is 1.93. The van der Waals surface area contributed by atoms with Crippen LogP contribution in [0.4, 0.5) is 11.4 Å². The van der Waals surface area contributed by atoms with E-state index in [-0.39, 0.29) is 11.4 Å². The highest BCUT2D eigenvalue weighted by molar-refractivity contribution is 6.30. The highest BCUT2D eigenvalue weighted by atomic mass is 35.5. The van der Waals surface area contributed by atoms with Crippen LogP contribution in [0, 0.1) is 10.1 Å². The smallest absolute Gasteiger partial charge is 0.293 e. The zero-order valence-electron chi connectivity index (χ0n) is 9.66. The Labute approximate surface area is 111 Å². The summed E-state index contributed by atoms with van der Waals surface area (Å²) in [5, 5.41) is 10.6. The first-order chi connectivity index (χ1) is 8.02. The molecule has 1 aromatic rings. The number of anilines is 1.